The van der Waals surface area contributed by atoms with Gasteiger partial charge in [0.25, 0.3) is 0 Å². The minimum absolute atomic E-state index is 0. The molecule has 0 radical (unpaired) electrons. The summed E-state index contributed by atoms with van der Waals surface area (Å²) in [4.78, 5) is 39.6. The molecule has 0 rings (SSSR count). The Morgan fingerprint density at radius 1 is 0.379 bits per heavy atom. The molecule has 0 spiro atoms. The Kier molecular flexibility index (Phi) is 19.2. The van der Waals surface area contributed by atoms with Crippen molar-refractivity contribution in [1.29, 1.82) is 0 Å². The van der Waals surface area contributed by atoms with E-state index in [1.807, 2.05) is 0 Å². The van der Waals surface area contributed by atoms with E-state index in [4.69, 9.17) is 0 Å². The smallest absolute Gasteiger partial charge is 0.550 e. The Bertz CT molecular complexity index is 417. The molecule has 0 aromatic carbocycles. The largest absolute Gasteiger partial charge is 4.00 e. The maximum atomic E-state index is 9.91. The summed E-state index contributed by atoms with van der Waals surface area (Å²) in [5, 5.41) is 39.6. The fraction of sp³-hybridized carbons (Fsp3) is 0.800. The van der Waals surface area contributed by atoms with Crippen LogP contribution in [-0.4, -0.2) is 23.9 Å². The van der Waals surface area contributed by atoms with Gasteiger partial charge in [-0.15, -0.1) is 0 Å². The van der Waals surface area contributed by atoms with Crippen LogP contribution in [0.2, 0.25) is 0 Å². The molecule has 0 aliphatic rings. The van der Waals surface area contributed by atoms with Crippen LogP contribution in [0.3, 0.4) is 0 Å². The van der Waals surface area contributed by atoms with Crippen LogP contribution in [0.15, 0.2) is 0 Å². The number of carboxylic acid groups (broad SMARTS) is 4. The maximum absolute atomic E-state index is 9.91. The van der Waals surface area contributed by atoms with Crippen LogP contribution >= 0.6 is 0 Å². The molecule has 0 bridgehead atoms. The topological polar surface area (TPSA) is 161 Å². The van der Waals surface area contributed by atoms with E-state index in [2.05, 4.69) is 0 Å². The molecule has 0 aliphatic carbocycles. The van der Waals surface area contributed by atoms with Crippen molar-refractivity contribution in [3.05, 3.63) is 0 Å². The van der Waals surface area contributed by atoms with Crippen molar-refractivity contribution in [2.75, 3.05) is 0 Å². The first-order valence-electron chi connectivity index (χ1n) is 8.63. The second kappa shape index (κ2) is 14.6. The van der Waals surface area contributed by atoms with E-state index in [9.17, 15) is 39.6 Å². The van der Waals surface area contributed by atoms with Gasteiger partial charge in [-0.2, -0.15) is 0 Å². The normalized spacial score (nSPS) is 10.9. The summed E-state index contributed by atoms with van der Waals surface area (Å²) >= 11 is 0. The van der Waals surface area contributed by atoms with Crippen molar-refractivity contribution in [3.8, 4) is 0 Å². The fourth-order valence-electron chi connectivity index (χ4n) is 0. The molecule has 0 atom stereocenters. The van der Waals surface area contributed by atoms with Gasteiger partial charge in [-0.1, -0.05) is 83.1 Å². The van der Waals surface area contributed by atoms with Gasteiger partial charge in [-0.05, 0) is 0 Å². The Morgan fingerprint density at radius 2 is 0.414 bits per heavy atom. The minimum Gasteiger partial charge on any atom is -0.550 e. The first-order chi connectivity index (χ1) is 11.8. The van der Waals surface area contributed by atoms with Gasteiger partial charge in [0.05, 0.1) is 0 Å². The van der Waals surface area contributed by atoms with Gasteiger partial charge in [0.1, 0.15) is 0 Å². The molecular formula is C20H36O8Ti. The zero-order valence-electron chi connectivity index (χ0n) is 19.8. The van der Waals surface area contributed by atoms with Crippen molar-refractivity contribution >= 4 is 23.9 Å². The van der Waals surface area contributed by atoms with Crippen LogP contribution in [0.1, 0.15) is 83.1 Å². The molecule has 0 aliphatic heterocycles. The summed E-state index contributed by atoms with van der Waals surface area (Å²) < 4.78 is 0. The van der Waals surface area contributed by atoms with Gasteiger partial charge in [0, 0.05) is 45.5 Å². The zero-order chi connectivity index (χ0) is 24.3. The quantitative estimate of drug-likeness (QED) is 0.429. The molecule has 0 amide bonds. The van der Waals surface area contributed by atoms with Gasteiger partial charge in [0.2, 0.25) is 0 Å². The van der Waals surface area contributed by atoms with E-state index in [0.29, 0.717) is 0 Å². The molecule has 0 aromatic rings. The average Bonchev–Trinajstić information content (AvgIpc) is 2.35. The number of hydrogen-bond donors (Lipinski definition) is 0. The number of rotatable bonds is 0. The average molecular weight is 452 g/mol. The monoisotopic (exact) mass is 452 g/mol. The molecule has 29 heavy (non-hydrogen) atoms. The molecule has 0 fully saturated rings. The van der Waals surface area contributed by atoms with Crippen molar-refractivity contribution < 1.29 is 61.3 Å². The maximum Gasteiger partial charge on any atom is 4.00 e. The Hall–Kier alpha value is -1.41. The van der Waals surface area contributed by atoms with Gasteiger partial charge in [-0.3, -0.25) is 0 Å². The Balaban J connectivity index is -0.0000000873. The Labute approximate surface area is 190 Å². The molecule has 0 aromatic heterocycles. The van der Waals surface area contributed by atoms with Crippen LogP contribution in [0.5, 0.6) is 0 Å². The van der Waals surface area contributed by atoms with Crippen LogP contribution in [-0.2, 0) is 40.9 Å². The van der Waals surface area contributed by atoms with Crippen LogP contribution in [0, 0.1) is 21.7 Å². The summed E-state index contributed by atoms with van der Waals surface area (Å²) in [7, 11) is 0. The molecule has 8 nitrogen and oxygen atoms in total. The molecule has 168 valence electrons. The molecule has 0 N–H and O–H groups in total. The van der Waals surface area contributed by atoms with Crippen molar-refractivity contribution in [2.45, 2.75) is 83.1 Å². The van der Waals surface area contributed by atoms with E-state index in [-0.39, 0.29) is 21.7 Å². The van der Waals surface area contributed by atoms with Gasteiger partial charge in [0.15, 0.2) is 0 Å². The third kappa shape index (κ3) is 31.5. The summed E-state index contributed by atoms with van der Waals surface area (Å²) in [6, 6.07) is 0. The van der Waals surface area contributed by atoms with Gasteiger partial charge >= 0.3 is 21.7 Å². The van der Waals surface area contributed by atoms with Crippen LogP contribution in [0.25, 0.3) is 0 Å². The first-order valence-corrected chi connectivity index (χ1v) is 8.63. The van der Waals surface area contributed by atoms with Gasteiger partial charge < -0.3 is 39.6 Å². The third-order valence-corrected chi connectivity index (χ3v) is 2.45. The van der Waals surface area contributed by atoms with Crippen molar-refractivity contribution in [2.24, 2.45) is 21.7 Å². The first kappa shape index (κ1) is 38.2. The summed E-state index contributed by atoms with van der Waals surface area (Å²) in [5.41, 5.74) is -2.78. The Morgan fingerprint density at radius 3 is 0.414 bits per heavy atom. The molecule has 9 heteroatoms. The number of carboxylic acids is 4. The van der Waals surface area contributed by atoms with E-state index in [1.165, 1.54) is 0 Å². The van der Waals surface area contributed by atoms with Crippen LogP contribution in [0.4, 0.5) is 0 Å². The number of aliphatic carboxylic acids is 4. The molecular weight excluding hydrogens is 416 g/mol. The third-order valence-electron chi connectivity index (χ3n) is 2.45. The summed E-state index contributed by atoms with van der Waals surface area (Å²) in [5.74, 6) is -4.03. The molecule has 0 heterocycles. The van der Waals surface area contributed by atoms with E-state index in [0.717, 1.165) is 0 Å². The zero-order valence-corrected chi connectivity index (χ0v) is 21.3. The van der Waals surface area contributed by atoms with Crippen molar-refractivity contribution in [3.63, 3.8) is 0 Å². The second-order valence-corrected chi connectivity index (χ2v) is 10.1. The molecule has 0 saturated heterocycles. The molecule has 0 saturated carbocycles. The van der Waals surface area contributed by atoms with E-state index >= 15 is 0 Å². The predicted molar refractivity (Wildman–Crippen MR) is 97.8 cm³/mol. The number of hydrogen-bond acceptors (Lipinski definition) is 8. The van der Waals surface area contributed by atoms with E-state index < -0.39 is 45.5 Å². The fourth-order valence-corrected chi connectivity index (χ4v) is 0. The minimum atomic E-state index is -1.01. The van der Waals surface area contributed by atoms with Crippen molar-refractivity contribution in [1.82, 2.24) is 0 Å². The van der Waals surface area contributed by atoms with Gasteiger partial charge in [-0.25, -0.2) is 0 Å². The number of carbonyl (C=O) groups is 4. The summed E-state index contributed by atoms with van der Waals surface area (Å²) in [6.45, 7) is 19.2. The SMILES string of the molecule is CC(C)(C)C(=O)[O-].CC(C)(C)C(=O)[O-].CC(C)(C)C(=O)[O-].CC(C)(C)C(=O)[O-].[Ti+4]. The van der Waals surface area contributed by atoms with E-state index in [1.54, 1.807) is 83.1 Å². The molecule has 0 unspecified atom stereocenters. The second-order valence-electron chi connectivity index (χ2n) is 10.1. The number of carbonyl (C=O) groups excluding carboxylic acids is 4. The standard InChI is InChI=1S/4C5H10O2.Ti/c4*1-5(2,3)4(6)7;/h4*1-3H3,(H,6,7);/q;;;;+4/p-4. The summed E-state index contributed by atoms with van der Waals surface area (Å²) in [6.07, 6.45) is 0. The van der Waals surface area contributed by atoms with Crippen LogP contribution < -0.4 is 20.4 Å². The predicted octanol–water partition coefficient (Wildman–Crippen LogP) is -0.873.